The molecule has 0 aliphatic carbocycles. The largest absolute Gasteiger partial charge is 0.330 e. The van der Waals surface area contributed by atoms with E-state index in [1.165, 1.54) is 4.70 Å². The molecule has 0 radical (unpaired) electrons. The lowest BCUT2D eigenvalue weighted by Gasteiger charge is -2.12. The molecule has 1 atom stereocenters. The second-order valence-electron chi connectivity index (χ2n) is 5.94. The van der Waals surface area contributed by atoms with Crippen molar-refractivity contribution in [3.8, 4) is 10.6 Å². The Hall–Kier alpha value is -1.70. The van der Waals surface area contributed by atoms with E-state index in [2.05, 4.69) is 16.4 Å². The predicted octanol–water partition coefficient (Wildman–Crippen LogP) is 4.20. The molecular formula is C19H24Cl2N4OS. The first-order chi connectivity index (χ1) is 12.2. The van der Waals surface area contributed by atoms with Crippen molar-refractivity contribution in [1.82, 2.24) is 4.98 Å². The number of carbonyl (C=O) groups is 1. The maximum Gasteiger partial charge on any atom is 0.241 e. The monoisotopic (exact) mass is 426 g/mol. The number of nitrogens with zero attached hydrogens (tertiary/aromatic N) is 1. The van der Waals surface area contributed by atoms with E-state index in [0.29, 0.717) is 13.0 Å². The van der Waals surface area contributed by atoms with Crippen LogP contribution in [0.25, 0.3) is 20.8 Å². The fourth-order valence-corrected chi connectivity index (χ4v) is 3.54. The van der Waals surface area contributed by atoms with Crippen molar-refractivity contribution in [1.29, 1.82) is 0 Å². The Bertz CT molecular complexity index is 821. The summed E-state index contributed by atoms with van der Waals surface area (Å²) in [5.41, 5.74) is 14.1. The molecule has 8 heteroatoms. The van der Waals surface area contributed by atoms with Gasteiger partial charge in [-0.3, -0.25) is 4.79 Å². The molecule has 0 unspecified atom stereocenters. The third-order valence-corrected chi connectivity index (χ3v) is 5.08. The molecule has 5 N–H and O–H groups in total. The fraction of sp³-hybridized carbons (Fsp3) is 0.263. The summed E-state index contributed by atoms with van der Waals surface area (Å²) in [5.74, 6) is -0.162. The van der Waals surface area contributed by atoms with Crippen LogP contribution in [0.2, 0.25) is 0 Å². The molecule has 5 nitrogen and oxygen atoms in total. The number of nitrogens with two attached hydrogens (primary N) is 2. The highest BCUT2D eigenvalue weighted by molar-refractivity contribution is 7.21. The maximum absolute atomic E-state index is 12.1. The van der Waals surface area contributed by atoms with Gasteiger partial charge in [0, 0.05) is 11.3 Å². The van der Waals surface area contributed by atoms with Crippen LogP contribution < -0.4 is 16.8 Å². The number of benzene rings is 2. The minimum atomic E-state index is -0.504. The van der Waals surface area contributed by atoms with E-state index < -0.39 is 6.04 Å². The lowest BCUT2D eigenvalue weighted by atomic mass is 10.1. The van der Waals surface area contributed by atoms with Gasteiger partial charge in [-0.25, -0.2) is 4.98 Å². The highest BCUT2D eigenvalue weighted by Gasteiger charge is 2.13. The molecule has 2 aromatic carbocycles. The van der Waals surface area contributed by atoms with E-state index in [1.807, 2.05) is 42.5 Å². The summed E-state index contributed by atoms with van der Waals surface area (Å²) in [5, 5.41) is 3.83. The van der Waals surface area contributed by atoms with E-state index in [0.717, 1.165) is 34.6 Å². The van der Waals surface area contributed by atoms with Gasteiger partial charge in [-0.15, -0.1) is 36.2 Å². The van der Waals surface area contributed by atoms with Crippen LogP contribution >= 0.6 is 36.2 Å². The molecule has 0 saturated heterocycles. The molecule has 0 fully saturated rings. The molecule has 1 amide bonds. The van der Waals surface area contributed by atoms with E-state index in [4.69, 9.17) is 11.5 Å². The standard InChI is InChI=1S/C19H22N4OS.2ClH/c20-12-4-3-5-15(21)18(24)22-14-10-8-13(9-11-14)19-23-16-6-1-2-7-17(16)25-19;;/h1-2,6-11,15H,3-5,12,20-21H2,(H,22,24);2*1H/t15-;;/m0../s1. The van der Waals surface area contributed by atoms with Crippen molar-refractivity contribution < 1.29 is 4.79 Å². The topological polar surface area (TPSA) is 94.0 Å². The zero-order chi connectivity index (χ0) is 17.6. The van der Waals surface area contributed by atoms with Gasteiger partial charge in [0.2, 0.25) is 5.91 Å². The molecular weight excluding hydrogens is 403 g/mol. The second kappa shape index (κ2) is 11.2. The number of fused-ring (bicyclic) bond motifs is 1. The van der Waals surface area contributed by atoms with Crippen molar-refractivity contribution in [3.63, 3.8) is 0 Å². The Balaban J connectivity index is 0.00000182. The quantitative estimate of drug-likeness (QED) is 0.493. The summed E-state index contributed by atoms with van der Waals surface area (Å²) in [7, 11) is 0. The highest BCUT2D eigenvalue weighted by atomic mass is 35.5. The van der Waals surface area contributed by atoms with E-state index in [1.54, 1.807) is 11.3 Å². The van der Waals surface area contributed by atoms with Gasteiger partial charge in [0.1, 0.15) is 5.01 Å². The lowest BCUT2D eigenvalue weighted by Crippen LogP contribution is -2.35. The van der Waals surface area contributed by atoms with Crippen molar-refractivity contribution in [3.05, 3.63) is 48.5 Å². The lowest BCUT2D eigenvalue weighted by molar-refractivity contribution is -0.117. The van der Waals surface area contributed by atoms with Crippen molar-refractivity contribution >= 4 is 58.0 Å². The van der Waals surface area contributed by atoms with Crippen molar-refractivity contribution in [2.24, 2.45) is 11.5 Å². The number of thiazole rings is 1. The van der Waals surface area contributed by atoms with Crippen LogP contribution in [0.1, 0.15) is 19.3 Å². The normalized spacial score (nSPS) is 11.3. The Morgan fingerprint density at radius 1 is 1.07 bits per heavy atom. The number of para-hydroxylation sites is 1. The molecule has 0 aliphatic heterocycles. The number of hydrogen-bond donors (Lipinski definition) is 3. The highest BCUT2D eigenvalue weighted by Crippen LogP contribution is 2.30. The van der Waals surface area contributed by atoms with E-state index in [-0.39, 0.29) is 30.7 Å². The summed E-state index contributed by atoms with van der Waals surface area (Å²) >= 11 is 1.66. The zero-order valence-corrected chi connectivity index (χ0v) is 17.2. The third kappa shape index (κ3) is 6.16. The number of unbranched alkanes of at least 4 members (excludes halogenated alkanes) is 1. The van der Waals surface area contributed by atoms with Gasteiger partial charge in [-0.05, 0) is 55.8 Å². The molecule has 27 heavy (non-hydrogen) atoms. The predicted molar refractivity (Wildman–Crippen MR) is 119 cm³/mol. The maximum atomic E-state index is 12.1. The first-order valence-electron chi connectivity index (χ1n) is 8.40. The average Bonchev–Trinajstić information content (AvgIpc) is 3.06. The molecule has 1 heterocycles. The summed E-state index contributed by atoms with van der Waals surface area (Å²) in [6, 6.07) is 15.3. The van der Waals surface area contributed by atoms with Crippen LogP contribution in [0.4, 0.5) is 5.69 Å². The summed E-state index contributed by atoms with van der Waals surface area (Å²) in [4.78, 5) is 16.7. The first-order valence-corrected chi connectivity index (χ1v) is 9.21. The van der Waals surface area contributed by atoms with Crippen LogP contribution in [-0.4, -0.2) is 23.5 Å². The van der Waals surface area contributed by atoms with Gasteiger partial charge in [0.25, 0.3) is 0 Å². The van der Waals surface area contributed by atoms with Gasteiger partial charge in [-0.1, -0.05) is 18.6 Å². The Morgan fingerprint density at radius 2 is 1.78 bits per heavy atom. The number of nitrogens with one attached hydrogen (secondary N) is 1. The van der Waals surface area contributed by atoms with Gasteiger partial charge < -0.3 is 16.8 Å². The van der Waals surface area contributed by atoms with E-state index >= 15 is 0 Å². The molecule has 3 aromatic rings. The number of amides is 1. The van der Waals surface area contributed by atoms with Crippen LogP contribution in [0.5, 0.6) is 0 Å². The average molecular weight is 427 g/mol. The Morgan fingerprint density at radius 3 is 2.44 bits per heavy atom. The number of rotatable bonds is 7. The SMILES string of the molecule is Cl.Cl.NCCCC[C@H](N)C(=O)Nc1ccc(-c2nc3ccccc3s2)cc1. The Labute approximate surface area is 175 Å². The van der Waals surface area contributed by atoms with Gasteiger partial charge in [0.05, 0.1) is 16.3 Å². The molecule has 1 aromatic heterocycles. The van der Waals surface area contributed by atoms with Crippen molar-refractivity contribution in [2.75, 3.05) is 11.9 Å². The van der Waals surface area contributed by atoms with Crippen molar-refractivity contribution in [2.45, 2.75) is 25.3 Å². The molecule has 146 valence electrons. The summed E-state index contributed by atoms with van der Waals surface area (Å²) in [6.07, 6.45) is 2.40. The number of hydrogen-bond acceptors (Lipinski definition) is 5. The molecule has 0 saturated carbocycles. The first kappa shape index (κ1) is 23.3. The molecule has 0 bridgehead atoms. The number of anilines is 1. The number of aromatic nitrogens is 1. The smallest absolute Gasteiger partial charge is 0.241 e. The minimum Gasteiger partial charge on any atom is -0.330 e. The van der Waals surface area contributed by atoms with Gasteiger partial charge in [0.15, 0.2) is 0 Å². The number of carbonyl (C=O) groups excluding carboxylic acids is 1. The van der Waals surface area contributed by atoms with Gasteiger partial charge in [-0.2, -0.15) is 0 Å². The van der Waals surface area contributed by atoms with Crippen LogP contribution in [0.3, 0.4) is 0 Å². The third-order valence-electron chi connectivity index (χ3n) is 4.00. The zero-order valence-electron chi connectivity index (χ0n) is 14.8. The second-order valence-corrected chi connectivity index (χ2v) is 6.97. The van der Waals surface area contributed by atoms with Crippen LogP contribution in [0.15, 0.2) is 48.5 Å². The van der Waals surface area contributed by atoms with E-state index in [9.17, 15) is 4.79 Å². The summed E-state index contributed by atoms with van der Waals surface area (Å²) < 4.78 is 1.17. The summed E-state index contributed by atoms with van der Waals surface area (Å²) in [6.45, 7) is 0.627. The minimum absolute atomic E-state index is 0. The molecule has 0 aliphatic rings. The fourth-order valence-electron chi connectivity index (χ4n) is 2.57. The van der Waals surface area contributed by atoms with Crippen LogP contribution in [-0.2, 0) is 4.79 Å². The molecule has 0 spiro atoms. The Kier molecular flexibility index (Phi) is 9.69. The molecule has 3 rings (SSSR count). The number of halogens is 2. The van der Waals surface area contributed by atoms with Crippen LogP contribution in [0, 0.1) is 0 Å². The van der Waals surface area contributed by atoms with Gasteiger partial charge >= 0.3 is 0 Å².